The zero-order valence-electron chi connectivity index (χ0n) is 19.6. The number of anilines is 1. The third-order valence-electron chi connectivity index (χ3n) is 6.16. The first-order valence-corrected chi connectivity index (χ1v) is 12.2. The van der Waals surface area contributed by atoms with Crippen molar-refractivity contribution >= 4 is 29.1 Å². The van der Waals surface area contributed by atoms with E-state index in [0.717, 1.165) is 12.2 Å². The molecule has 0 bridgehead atoms. The Balaban J connectivity index is 1.88. The Hall–Kier alpha value is -3.14. The molecule has 1 aromatic carbocycles. The highest BCUT2D eigenvalue weighted by atomic mass is 32.2. The van der Waals surface area contributed by atoms with E-state index in [-0.39, 0.29) is 16.8 Å². The molecule has 1 aliphatic carbocycles. The molecule has 9 nitrogen and oxygen atoms in total. The summed E-state index contributed by atoms with van der Waals surface area (Å²) in [5.41, 5.74) is 0.607. The van der Waals surface area contributed by atoms with Gasteiger partial charge in [-0.2, -0.15) is 0 Å². The topological polar surface area (TPSA) is 138 Å². The summed E-state index contributed by atoms with van der Waals surface area (Å²) < 4.78 is 0. The number of phenolic OH excluding ortho intramolecular Hbond substituents is 1. The van der Waals surface area contributed by atoms with Gasteiger partial charge in [-0.1, -0.05) is 45.5 Å². The number of carbonyl (C=O) groups is 1. The number of hydrogen-bond donors (Lipinski definition) is 3. The average molecular weight is 485 g/mol. The van der Waals surface area contributed by atoms with E-state index >= 15 is 0 Å². The quantitative estimate of drug-likeness (QED) is 0.232. The Morgan fingerprint density at radius 2 is 2.03 bits per heavy atom. The molecule has 2 heterocycles. The van der Waals surface area contributed by atoms with Crippen LogP contribution in [0, 0.1) is 21.4 Å². The molecule has 0 spiro atoms. The zero-order valence-corrected chi connectivity index (χ0v) is 20.4. The van der Waals surface area contributed by atoms with Crippen molar-refractivity contribution < 1.29 is 14.8 Å². The fourth-order valence-electron chi connectivity index (χ4n) is 4.55. The third-order valence-corrected chi connectivity index (χ3v) is 7.07. The second-order valence-corrected chi connectivity index (χ2v) is 11.1. The van der Waals surface area contributed by atoms with Crippen LogP contribution in [0.15, 0.2) is 39.4 Å². The van der Waals surface area contributed by atoms with E-state index in [1.54, 1.807) is 0 Å². The number of fused-ring (bicyclic) bond motifs is 1. The van der Waals surface area contributed by atoms with E-state index in [1.165, 1.54) is 30.0 Å². The number of nitrogens with zero attached hydrogens (tertiary/aromatic N) is 2. The number of rotatable bonds is 6. The summed E-state index contributed by atoms with van der Waals surface area (Å²) in [5, 5.41) is 25.1. The van der Waals surface area contributed by atoms with Gasteiger partial charge in [0.2, 0.25) is 0 Å². The minimum atomic E-state index is -0.819. The number of nitrogens with one attached hydrogen (secondary N) is 2. The fraction of sp³-hybridized carbons (Fsp3) is 0.458. The summed E-state index contributed by atoms with van der Waals surface area (Å²) in [6, 6.07) is 3.98. The van der Waals surface area contributed by atoms with Gasteiger partial charge in [0.05, 0.1) is 10.5 Å². The van der Waals surface area contributed by atoms with Crippen LogP contribution in [-0.4, -0.2) is 31.5 Å². The van der Waals surface area contributed by atoms with Crippen molar-refractivity contribution in [3.05, 3.63) is 61.1 Å². The van der Waals surface area contributed by atoms with Crippen molar-refractivity contribution in [3.63, 3.8) is 0 Å². The van der Waals surface area contributed by atoms with E-state index in [1.807, 2.05) is 13.8 Å². The number of phenols is 1. The minimum absolute atomic E-state index is 0.111. The predicted octanol–water partition coefficient (Wildman–Crippen LogP) is 4.72. The Morgan fingerprint density at radius 1 is 1.29 bits per heavy atom. The van der Waals surface area contributed by atoms with Gasteiger partial charge in [-0.3, -0.25) is 19.7 Å². The van der Waals surface area contributed by atoms with Crippen molar-refractivity contribution in [2.24, 2.45) is 11.3 Å². The molecule has 2 aliphatic rings. The molecule has 0 amide bonds. The van der Waals surface area contributed by atoms with Gasteiger partial charge in [-0.25, -0.2) is 4.98 Å². The molecule has 1 unspecified atom stereocenters. The van der Waals surface area contributed by atoms with Crippen molar-refractivity contribution in [3.8, 4) is 5.75 Å². The van der Waals surface area contributed by atoms with Crippen LogP contribution in [-0.2, 0) is 4.79 Å². The summed E-state index contributed by atoms with van der Waals surface area (Å²) >= 11 is 1.46. The highest BCUT2D eigenvalue weighted by Gasteiger charge is 2.42. The first-order chi connectivity index (χ1) is 16.0. The van der Waals surface area contributed by atoms with Gasteiger partial charge >= 0.3 is 5.69 Å². The maximum absolute atomic E-state index is 13.3. The minimum Gasteiger partial charge on any atom is -0.502 e. The molecule has 0 saturated carbocycles. The smallest absolute Gasteiger partial charge is 0.310 e. The van der Waals surface area contributed by atoms with Gasteiger partial charge in [0, 0.05) is 35.4 Å². The summed E-state index contributed by atoms with van der Waals surface area (Å²) in [7, 11) is 0. The number of carbonyl (C=O) groups excluding carboxylic acids is 1. The number of benzene rings is 1. The van der Waals surface area contributed by atoms with Gasteiger partial charge in [0.1, 0.15) is 5.82 Å². The van der Waals surface area contributed by atoms with Gasteiger partial charge in [0.25, 0.3) is 5.56 Å². The molecular formula is C24H28N4O5S. The zero-order chi connectivity index (χ0) is 24.8. The number of aromatic hydroxyl groups is 1. The molecule has 1 aliphatic heterocycles. The Kier molecular flexibility index (Phi) is 6.28. The molecule has 4 rings (SSSR count). The van der Waals surface area contributed by atoms with Gasteiger partial charge < -0.3 is 15.4 Å². The Labute approximate surface area is 201 Å². The molecular weight excluding hydrogens is 456 g/mol. The number of thioether (sulfide) groups is 1. The van der Waals surface area contributed by atoms with E-state index in [4.69, 9.17) is 0 Å². The summed E-state index contributed by atoms with van der Waals surface area (Å²) in [6.07, 6.45) is 1.85. The van der Waals surface area contributed by atoms with Crippen LogP contribution in [0.3, 0.4) is 0 Å². The van der Waals surface area contributed by atoms with Gasteiger partial charge in [-0.05, 0) is 35.8 Å². The van der Waals surface area contributed by atoms with E-state index in [2.05, 4.69) is 29.1 Å². The van der Waals surface area contributed by atoms with Crippen molar-refractivity contribution in [1.82, 2.24) is 9.97 Å². The summed E-state index contributed by atoms with van der Waals surface area (Å²) in [5.74, 6) is 0.276. The maximum Gasteiger partial charge on any atom is 0.310 e. The largest absolute Gasteiger partial charge is 0.502 e. The molecule has 0 saturated heterocycles. The SMILES string of the molecule is CC(C)CCSc1nc2c(c(=O)[nH]1)C(c1ccc(O)c([N+](=O)[O-])c1)C1=C(CC(C)(C)CC1=O)N2. The van der Waals surface area contributed by atoms with Crippen molar-refractivity contribution in [2.45, 2.75) is 58.0 Å². The number of aromatic amines is 1. The number of allylic oxidation sites excluding steroid dienone is 2. The Bertz CT molecular complexity index is 1260. The molecule has 2 aromatic rings. The van der Waals surface area contributed by atoms with Crippen molar-refractivity contribution in [2.75, 3.05) is 11.1 Å². The van der Waals surface area contributed by atoms with Gasteiger partial charge in [0.15, 0.2) is 16.7 Å². The molecule has 10 heteroatoms. The second-order valence-electron chi connectivity index (χ2n) is 10.1. The molecule has 0 fully saturated rings. The first-order valence-electron chi connectivity index (χ1n) is 11.2. The third kappa shape index (κ3) is 4.59. The van der Waals surface area contributed by atoms with Crippen LogP contribution in [0.5, 0.6) is 5.75 Å². The van der Waals surface area contributed by atoms with Crippen LogP contribution >= 0.6 is 11.8 Å². The number of nitro groups is 1. The summed E-state index contributed by atoms with van der Waals surface area (Å²) in [4.78, 5) is 44.8. The highest BCUT2D eigenvalue weighted by molar-refractivity contribution is 7.99. The lowest BCUT2D eigenvalue weighted by Gasteiger charge is -2.38. The normalized spacial score (nSPS) is 19.0. The highest BCUT2D eigenvalue weighted by Crippen LogP contribution is 2.48. The van der Waals surface area contributed by atoms with Crippen LogP contribution < -0.4 is 10.9 Å². The van der Waals surface area contributed by atoms with E-state index in [9.17, 15) is 24.8 Å². The molecule has 1 aromatic heterocycles. The van der Waals surface area contributed by atoms with Crippen LogP contribution in [0.4, 0.5) is 11.5 Å². The lowest BCUT2D eigenvalue weighted by atomic mass is 9.69. The molecule has 34 heavy (non-hydrogen) atoms. The van der Waals surface area contributed by atoms with Crippen LogP contribution in [0.25, 0.3) is 0 Å². The summed E-state index contributed by atoms with van der Waals surface area (Å²) in [6.45, 7) is 8.26. The van der Waals surface area contributed by atoms with Gasteiger partial charge in [-0.15, -0.1) is 0 Å². The van der Waals surface area contributed by atoms with Crippen LogP contribution in [0.1, 0.15) is 64.0 Å². The van der Waals surface area contributed by atoms with E-state index in [0.29, 0.717) is 46.6 Å². The monoisotopic (exact) mass is 484 g/mol. The number of hydrogen-bond acceptors (Lipinski definition) is 8. The first kappa shape index (κ1) is 24.0. The number of ketones is 1. The van der Waals surface area contributed by atoms with Crippen LogP contribution in [0.2, 0.25) is 0 Å². The average Bonchev–Trinajstić information content (AvgIpc) is 2.71. The maximum atomic E-state index is 13.3. The standard InChI is InChI=1S/C24H28N4O5S/c1-12(2)7-8-34-23-26-21-20(22(31)27-23)18(13-5-6-16(29)15(9-13)28(32)33)19-14(25-21)10-24(3,4)11-17(19)30/h5-6,9,12,18,29H,7-8,10-11H2,1-4H3,(H2,25,26,27,31). The molecule has 1 atom stereocenters. The molecule has 0 radical (unpaired) electrons. The fourth-order valence-corrected chi connectivity index (χ4v) is 5.66. The number of nitro benzene ring substituents is 1. The lowest BCUT2D eigenvalue weighted by molar-refractivity contribution is -0.385. The number of H-pyrrole nitrogens is 1. The molecule has 180 valence electrons. The molecule has 3 N–H and O–H groups in total. The number of Topliss-reactive ketones (excluding diaryl/α,β-unsaturated/α-hetero) is 1. The van der Waals surface area contributed by atoms with Crippen molar-refractivity contribution in [1.29, 1.82) is 0 Å². The number of aromatic nitrogens is 2. The Morgan fingerprint density at radius 3 is 2.71 bits per heavy atom. The second kappa shape index (κ2) is 8.90. The predicted molar refractivity (Wildman–Crippen MR) is 130 cm³/mol. The lowest BCUT2D eigenvalue weighted by Crippen LogP contribution is -2.37. The van der Waals surface area contributed by atoms with E-state index < -0.39 is 27.8 Å².